The fraction of sp³-hybridized carbons (Fsp3) is 0.500. The molecular formula is C4H3F4I. The molecule has 0 aliphatic rings. The lowest BCUT2D eigenvalue weighted by Crippen LogP contribution is -2.14. The highest BCUT2D eigenvalue weighted by molar-refractivity contribution is 14.1. The van der Waals surface area contributed by atoms with Crippen LogP contribution in [-0.2, 0) is 0 Å². The first kappa shape index (κ1) is 9.19. The molecule has 54 valence electrons. The van der Waals surface area contributed by atoms with Gasteiger partial charge in [-0.2, -0.15) is 8.78 Å². The quantitative estimate of drug-likeness (QED) is 0.307. The molecule has 0 fully saturated rings. The maximum atomic E-state index is 11.8. The van der Waals surface area contributed by atoms with Gasteiger partial charge in [0.2, 0.25) is 0 Å². The number of rotatable bonds is 2. The van der Waals surface area contributed by atoms with Gasteiger partial charge < -0.3 is 0 Å². The molecule has 0 aromatic carbocycles. The van der Waals surface area contributed by atoms with Crippen LogP contribution in [0.5, 0.6) is 0 Å². The summed E-state index contributed by atoms with van der Waals surface area (Å²) < 4.78 is 42.7. The van der Waals surface area contributed by atoms with E-state index in [4.69, 9.17) is 0 Å². The van der Waals surface area contributed by atoms with E-state index in [2.05, 4.69) is 6.58 Å². The van der Waals surface area contributed by atoms with Gasteiger partial charge in [-0.25, -0.2) is 8.78 Å². The molecule has 0 aromatic rings. The standard InChI is InChI=1S/C4H3F4I/c1-2(3(5)6)4(7,8)9/h3H,1H2. The smallest absolute Gasteiger partial charge is 0.205 e. The summed E-state index contributed by atoms with van der Waals surface area (Å²) in [7, 11) is 0. The van der Waals surface area contributed by atoms with Crippen molar-refractivity contribution in [3.63, 3.8) is 0 Å². The molecule has 0 unspecified atom stereocenters. The molecular weight excluding hydrogens is 251 g/mol. The Balaban J connectivity index is 4.06. The highest BCUT2D eigenvalue weighted by atomic mass is 127. The Morgan fingerprint density at radius 3 is 1.78 bits per heavy atom. The largest absolute Gasteiger partial charge is 0.322 e. The van der Waals surface area contributed by atoms with Crippen molar-refractivity contribution < 1.29 is 17.6 Å². The Morgan fingerprint density at radius 1 is 1.44 bits per heavy atom. The number of hydrogen-bond donors (Lipinski definition) is 0. The predicted molar refractivity (Wildman–Crippen MR) is 34.1 cm³/mol. The molecule has 0 rings (SSSR count). The molecule has 0 amide bonds. The van der Waals surface area contributed by atoms with Gasteiger partial charge in [0.05, 0.1) is 5.57 Å². The van der Waals surface area contributed by atoms with Crippen molar-refractivity contribution in [2.24, 2.45) is 0 Å². The van der Waals surface area contributed by atoms with Crippen molar-refractivity contribution in [2.45, 2.75) is 10.4 Å². The lowest BCUT2D eigenvalue weighted by atomic mass is 10.3. The predicted octanol–water partition coefficient (Wildman–Crippen LogP) is 2.84. The van der Waals surface area contributed by atoms with E-state index in [0.29, 0.717) is 22.6 Å². The lowest BCUT2D eigenvalue weighted by Gasteiger charge is -2.09. The minimum Gasteiger partial charge on any atom is -0.205 e. The second kappa shape index (κ2) is 2.85. The zero-order chi connectivity index (χ0) is 7.65. The van der Waals surface area contributed by atoms with Crippen LogP contribution in [0.1, 0.15) is 0 Å². The van der Waals surface area contributed by atoms with E-state index in [1.807, 2.05) is 0 Å². The van der Waals surface area contributed by atoms with E-state index in [1.165, 1.54) is 0 Å². The summed E-state index contributed by atoms with van der Waals surface area (Å²) in [4.78, 5) is 0. The van der Waals surface area contributed by atoms with E-state index >= 15 is 0 Å². The van der Waals surface area contributed by atoms with Crippen LogP contribution in [0.15, 0.2) is 12.2 Å². The highest BCUT2D eigenvalue weighted by Crippen LogP contribution is 2.33. The molecule has 0 N–H and O–H groups in total. The first-order chi connectivity index (χ1) is 3.85. The minimum atomic E-state index is -3.49. The van der Waals surface area contributed by atoms with Crippen LogP contribution in [0.2, 0.25) is 0 Å². The van der Waals surface area contributed by atoms with Crippen molar-refractivity contribution in [3.8, 4) is 0 Å². The summed E-state index contributed by atoms with van der Waals surface area (Å²) in [6.45, 7) is 2.52. The van der Waals surface area contributed by atoms with E-state index in [9.17, 15) is 17.6 Å². The number of halogens is 5. The fourth-order valence-corrected chi connectivity index (χ4v) is 0.359. The zero-order valence-corrected chi connectivity index (χ0v) is 6.33. The van der Waals surface area contributed by atoms with Gasteiger partial charge in [0.25, 0.3) is 6.43 Å². The zero-order valence-electron chi connectivity index (χ0n) is 4.17. The summed E-state index contributed by atoms with van der Waals surface area (Å²) in [6, 6.07) is 0. The van der Waals surface area contributed by atoms with Crippen LogP contribution >= 0.6 is 22.6 Å². The average molecular weight is 254 g/mol. The molecule has 0 aliphatic carbocycles. The van der Waals surface area contributed by atoms with Crippen LogP contribution in [-0.4, -0.2) is 10.4 Å². The van der Waals surface area contributed by atoms with Crippen molar-refractivity contribution in [1.29, 1.82) is 0 Å². The van der Waals surface area contributed by atoms with Gasteiger partial charge in [0, 0.05) is 22.6 Å². The molecule has 0 saturated carbocycles. The number of hydrogen-bond acceptors (Lipinski definition) is 0. The third-order valence-electron chi connectivity index (χ3n) is 0.628. The molecule has 0 atom stereocenters. The SMILES string of the molecule is C=C(C(F)F)C(F)(F)I. The van der Waals surface area contributed by atoms with Gasteiger partial charge in [0.1, 0.15) is 0 Å². The average Bonchev–Trinajstić information content (AvgIpc) is 1.62. The Labute approximate surface area is 63.1 Å². The van der Waals surface area contributed by atoms with Crippen molar-refractivity contribution in [1.82, 2.24) is 0 Å². The van der Waals surface area contributed by atoms with Gasteiger partial charge in [-0.3, -0.25) is 0 Å². The maximum Gasteiger partial charge on any atom is 0.322 e. The number of alkyl halides is 5. The van der Waals surface area contributed by atoms with Gasteiger partial charge in [-0.15, -0.1) is 0 Å². The fourth-order valence-electron chi connectivity index (χ4n) is 0.124. The Kier molecular flexibility index (Phi) is 2.91. The molecule has 0 aliphatic heterocycles. The van der Waals surface area contributed by atoms with Gasteiger partial charge in [0.15, 0.2) is 0 Å². The van der Waals surface area contributed by atoms with E-state index in [0.717, 1.165) is 0 Å². The molecule has 0 saturated heterocycles. The number of allylic oxidation sites excluding steroid dienone is 1. The monoisotopic (exact) mass is 254 g/mol. The molecule has 0 bridgehead atoms. The molecule has 5 heteroatoms. The molecule has 0 radical (unpaired) electrons. The molecule has 0 heterocycles. The van der Waals surface area contributed by atoms with Crippen LogP contribution < -0.4 is 0 Å². The second-order valence-electron chi connectivity index (χ2n) is 1.32. The Bertz CT molecular complexity index is 114. The van der Waals surface area contributed by atoms with Crippen LogP contribution in [0, 0.1) is 0 Å². The van der Waals surface area contributed by atoms with Gasteiger partial charge >= 0.3 is 3.93 Å². The first-order valence-corrected chi connectivity index (χ1v) is 2.97. The summed E-state index contributed by atoms with van der Waals surface area (Å²) in [6.07, 6.45) is -3.14. The Hall–Kier alpha value is 0.190. The third-order valence-corrected chi connectivity index (χ3v) is 1.32. The normalized spacial score (nSPS) is 12.2. The summed E-state index contributed by atoms with van der Waals surface area (Å²) in [5, 5.41) is 0. The highest BCUT2D eigenvalue weighted by Gasteiger charge is 2.33. The van der Waals surface area contributed by atoms with Crippen molar-refractivity contribution in [3.05, 3.63) is 12.2 Å². The summed E-state index contributed by atoms with van der Waals surface area (Å²) in [5.41, 5.74) is -1.34. The minimum absolute atomic E-state index is 0.605. The lowest BCUT2D eigenvalue weighted by molar-refractivity contribution is 0.101. The van der Waals surface area contributed by atoms with E-state index in [-0.39, 0.29) is 0 Å². The summed E-state index contributed by atoms with van der Waals surface area (Å²) in [5.74, 6) is 0. The molecule has 0 nitrogen and oxygen atoms in total. The van der Waals surface area contributed by atoms with Crippen molar-refractivity contribution >= 4 is 22.6 Å². The second-order valence-corrected chi connectivity index (χ2v) is 2.68. The van der Waals surface area contributed by atoms with E-state index in [1.54, 1.807) is 0 Å². The topological polar surface area (TPSA) is 0 Å². The van der Waals surface area contributed by atoms with E-state index < -0.39 is 15.9 Å². The maximum absolute atomic E-state index is 11.8. The molecule has 9 heavy (non-hydrogen) atoms. The third kappa shape index (κ3) is 3.02. The van der Waals surface area contributed by atoms with Gasteiger partial charge in [-0.05, 0) is 0 Å². The summed E-state index contributed by atoms with van der Waals surface area (Å²) >= 11 is 0.605. The van der Waals surface area contributed by atoms with Crippen molar-refractivity contribution in [2.75, 3.05) is 0 Å². The van der Waals surface area contributed by atoms with Crippen LogP contribution in [0.3, 0.4) is 0 Å². The molecule has 0 spiro atoms. The Morgan fingerprint density at radius 2 is 1.78 bits per heavy atom. The van der Waals surface area contributed by atoms with Crippen LogP contribution in [0.4, 0.5) is 17.6 Å². The molecule has 0 aromatic heterocycles. The van der Waals surface area contributed by atoms with Crippen LogP contribution in [0.25, 0.3) is 0 Å². The first-order valence-electron chi connectivity index (χ1n) is 1.90. The van der Waals surface area contributed by atoms with Gasteiger partial charge in [-0.1, -0.05) is 6.58 Å².